The van der Waals surface area contributed by atoms with E-state index in [-0.39, 0.29) is 0 Å². The molecule has 5 N–H and O–H groups in total. The maximum absolute atomic E-state index is 10.3. The summed E-state index contributed by atoms with van der Waals surface area (Å²) in [7, 11) is 0. The SMILES string of the molecule is CC(=N)c1ccc(Cc2cccc([C@@H]3O[C@H](CO)[C@@H](O)[C@H](O)[C@H]3O)c2)cc1. The van der Waals surface area contributed by atoms with Crippen molar-refractivity contribution in [3.63, 3.8) is 0 Å². The number of aliphatic hydroxyl groups excluding tert-OH is 4. The van der Waals surface area contributed by atoms with Crippen molar-refractivity contribution in [2.24, 2.45) is 0 Å². The normalized spacial score (nSPS) is 28.1. The van der Waals surface area contributed by atoms with Crippen molar-refractivity contribution in [3.05, 3.63) is 70.8 Å². The van der Waals surface area contributed by atoms with Gasteiger partial charge in [-0.3, -0.25) is 0 Å². The van der Waals surface area contributed by atoms with Crippen LogP contribution in [0.4, 0.5) is 0 Å². The highest BCUT2D eigenvalue weighted by molar-refractivity contribution is 5.96. The Morgan fingerprint density at radius 1 is 0.963 bits per heavy atom. The number of nitrogens with one attached hydrogen (secondary N) is 1. The van der Waals surface area contributed by atoms with Crippen LogP contribution in [0.5, 0.6) is 0 Å². The summed E-state index contributed by atoms with van der Waals surface area (Å²) >= 11 is 0. The average Bonchev–Trinajstić information content (AvgIpc) is 2.67. The second-order valence-electron chi connectivity index (χ2n) is 6.99. The number of hydrogen-bond acceptors (Lipinski definition) is 6. The molecule has 27 heavy (non-hydrogen) atoms. The first-order chi connectivity index (χ1) is 12.9. The second-order valence-corrected chi connectivity index (χ2v) is 6.99. The minimum atomic E-state index is -1.39. The third-order valence-corrected chi connectivity index (χ3v) is 4.97. The summed E-state index contributed by atoms with van der Waals surface area (Å²) < 4.78 is 5.63. The maximum Gasteiger partial charge on any atom is 0.113 e. The lowest BCUT2D eigenvalue weighted by molar-refractivity contribution is -0.231. The van der Waals surface area contributed by atoms with Crippen LogP contribution < -0.4 is 0 Å². The first-order valence-electron chi connectivity index (χ1n) is 8.94. The molecule has 5 atom stereocenters. The van der Waals surface area contributed by atoms with Crippen molar-refractivity contribution in [1.82, 2.24) is 0 Å². The molecule has 1 heterocycles. The van der Waals surface area contributed by atoms with Crippen molar-refractivity contribution in [2.45, 2.75) is 43.9 Å². The van der Waals surface area contributed by atoms with Crippen LogP contribution in [0.25, 0.3) is 0 Å². The zero-order valence-electron chi connectivity index (χ0n) is 15.1. The van der Waals surface area contributed by atoms with Crippen molar-refractivity contribution < 1.29 is 25.2 Å². The summed E-state index contributed by atoms with van der Waals surface area (Å²) in [5.41, 5.74) is 4.17. The summed E-state index contributed by atoms with van der Waals surface area (Å²) in [6.45, 7) is 1.30. The van der Waals surface area contributed by atoms with E-state index in [9.17, 15) is 20.4 Å². The minimum absolute atomic E-state index is 0.445. The number of hydrogen-bond donors (Lipinski definition) is 5. The molecule has 2 aromatic carbocycles. The standard InChI is InChI=1S/C21H25NO5/c1-12(22)15-7-5-13(6-8-15)9-14-3-2-4-16(10-14)21-20(26)19(25)18(24)17(11-23)27-21/h2-8,10,17-26H,9,11H2,1H3/t17-,18-,19+,20-,21+/m1/s1. The fourth-order valence-electron chi connectivity index (χ4n) is 3.37. The molecule has 0 saturated carbocycles. The third kappa shape index (κ3) is 4.26. The Labute approximate surface area is 158 Å². The van der Waals surface area contributed by atoms with Gasteiger partial charge in [0.05, 0.1) is 6.61 Å². The molecule has 0 spiro atoms. The molecule has 6 nitrogen and oxygen atoms in total. The molecule has 1 fully saturated rings. The topological polar surface area (TPSA) is 114 Å². The molecular formula is C21H25NO5. The van der Waals surface area contributed by atoms with Crippen molar-refractivity contribution in [1.29, 1.82) is 5.41 Å². The Balaban J connectivity index is 1.79. The van der Waals surface area contributed by atoms with Gasteiger partial charge in [-0.2, -0.15) is 0 Å². The molecule has 1 saturated heterocycles. The average molecular weight is 371 g/mol. The van der Waals surface area contributed by atoms with Crippen molar-refractivity contribution in [3.8, 4) is 0 Å². The number of rotatable bonds is 5. The molecule has 1 aliphatic rings. The molecule has 0 bridgehead atoms. The first-order valence-corrected chi connectivity index (χ1v) is 8.94. The Morgan fingerprint density at radius 2 is 1.67 bits per heavy atom. The Hall–Kier alpha value is -2.09. The van der Waals surface area contributed by atoms with Gasteiger partial charge in [-0.25, -0.2) is 0 Å². The van der Waals surface area contributed by atoms with Crippen LogP contribution in [0.2, 0.25) is 0 Å². The number of aliphatic hydroxyl groups is 4. The highest BCUT2D eigenvalue weighted by Gasteiger charge is 2.43. The maximum atomic E-state index is 10.3. The van der Waals surface area contributed by atoms with Gasteiger partial charge in [0, 0.05) is 5.71 Å². The lowest BCUT2D eigenvalue weighted by Gasteiger charge is -2.40. The van der Waals surface area contributed by atoms with Gasteiger partial charge in [0.25, 0.3) is 0 Å². The molecule has 0 aromatic heterocycles. The van der Waals surface area contributed by atoms with Gasteiger partial charge in [-0.15, -0.1) is 0 Å². The first kappa shape index (κ1) is 19.7. The summed E-state index contributed by atoms with van der Waals surface area (Å²) in [4.78, 5) is 0. The van der Waals surface area contributed by atoms with Crippen molar-refractivity contribution >= 4 is 5.71 Å². The molecule has 0 aliphatic carbocycles. The largest absolute Gasteiger partial charge is 0.394 e. The zero-order valence-corrected chi connectivity index (χ0v) is 15.1. The minimum Gasteiger partial charge on any atom is -0.394 e. The highest BCUT2D eigenvalue weighted by Crippen LogP contribution is 2.32. The molecule has 3 rings (SSSR count). The molecule has 144 valence electrons. The van der Waals surface area contributed by atoms with E-state index in [0.29, 0.717) is 17.7 Å². The van der Waals surface area contributed by atoms with Crippen LogP contribution in [0.3, 0.4) is 0 Å². The molecule has 1 aliphatic heterocycles. The van der Waals surface area contributed by atoms with E-state index in [1.807, 2.05) is 42.5 Å². The van der Waals surface area contributed by atoms with Gasteiger partial charge >= 0.3 is 0 Å². The summed E-state index contributed by atoms with van der Waals surface area (Å²) in [5, 5.41) is 47.2. The quantitative estimate of drug-likeness (QED) is 0.507. The van der Waals surface area contributed by atoms with Gasteiger partial charge in [0.1, 0.15) is 30.5 Å². The lowest BCUT2D eigenvalue weighted by Crippen LogP contribution is -2.55. The second kappa shape index (κ2) is 8.29. The number of ether oxygens (including phenoxy) is 1. The molecule has 2 aromatic rings. The molecule has 0 amide bonds. The van der Waals surface area contributed by atoms with Crippen LogP contribution in [0, 0.1) is 5.41 Å². The fraction of sp³-hybridized carbons (Fsp3) is 0.381. The monoisotopic (exact) mass is 371 g/mol. The zero-order chi connectivity index (χ0) is 19.6. The van der Waals surface area contributed by atoms with E-state index in [4.69, 9.17) is 10.1 Å². The van der Waals surface area contributed by atoms with E-state index in [2.05, 4.69) is 0 Å². The Morgan fingerprint density at radius 3 is 2.30 bits per heavy atom. The van der Waals surface area contributed by atoms with E-state index >= 15 is 0 Å². The molecule has 0 radical (unpaired) electrons. The van der Waals surface area contributed by atoms with Crippen molar-refractivity contribution in [2.75, 3.05) is 6.61 Å². The van der Waals surface area contributed by atoms with Gasteiger partial charge in [-0.05, 0) is 35.6 Å². The van der Waals surface area contributed by atoms with Crippen LogP contribution in [-0.4, -0.2) is 57.2 Å². The highest BCUT2D eigenvalue weighted by atomic mass is 16.5. The number of benzene rings is 2. The predicted octanol–water partition coefficient (Wildman–Crippen LogP) is 1.18. The Kier molecular flexibility index (Phi) is 6.04. The summed E-state index contributed by atoms with van der Waals surface area (Å²) in [6.07, 6.45) is -5.12. The van der Waals surface area contributed by atoms with E-state index in [1.165, 1.54) is 0 Å². The van der Waals surface area contributed by atoms with Gasteiger partial charge < -0.3 is 30.6 Å². The smallest absolute Gasteiger partial charge is 0.113 e. The fourth-order valence-corrected chi connectivity index (χ4v) is 3.37. The Bertz CT molecular complexity index is 789. The molecule has 6 heteroatoms. The third-order valence-electron chi connectivity index (χ3n) is 4.97. The van der Waals surface area contributed by atoms with E-state index < -0.39 is 37.1 Å². The van der Waals surface area contributed by atoms with Gasteiger partial charge in [-0.1, -0.05) is 48.5 Å². The lowest BCUT2D eigenvalue weighted by atomic mass is 9.90. The molecular weight excluding hydrogens is 346 g/mol. The van der Waals surface area contributed by atoms with Crippen LogP contribution >= 0.6 is 0 Å². The van der Waals surface area contributed by atoms with Crippen LogP contribution in [-0.2, 0) is 11.2 Å². The van der Waals surface area contributed by atoms with Gasteiger partial charge in [0.15, 0.2) is 0 Å². The van der Waals surface area contributed by atoms with Crippen LogP contribution in [0.15, 0.2) is 48.5 Å². The summed E-state index contributed by atoms with van der Waals surface area (Å²) in [5.74, 6) is 0. The van der Waals surface area contributed by atoms with Crippen LogP contribution in [0.1, 0.15) is 35.3 Å². The van der Waals surface area contributed by atoms with Gasteiger partial charge in [0.2, 0.25) is 0 Å². The summed E-state index contributed by atoms with van der Waals surface area (Å²) in [6, 6.07) is 15.3. The van der Waals surface area contributed by atoms with E-state index in [0.717, 1.165) is 16.7 Å². The van der Waals surface area contributed by atoms with E-state index in [1.54, 1.807) is 13.0 Å². The predicted molar refractivity (Wildman–Crippen MR) is 101 cm³/mol. The molecule has 0 unspecified atom stereocenters.